The van der Waals surface area contributed by atoms with E-state index in [-0.39, 0.29) is 0 Å². The van der Waals surface area contributed by atoms with E-state index in [9.17, 15) is 0 Å². The number of nitrogens with zero attached hydrogens (tertiary/aromatic N) is 1. The van der Waals surface area contributed by atoms with Crippen LogP contribution in [0.5, 0.6) is 0 Å². The SMILES string of the molecule is CCCCC(CC)CN1CC(CC)NCC1C(C)CC. The van der Waals surface area contributed by atoms with Crippen molar-refractivity contribution in [3.8, 4) is 0 Å². The second kappa shape index (κ2) is 9.78. The van der Waals surface area contributed by atoms with E-state index in [4.69, 9.17) is 0 Å². The number of hydrogen-bond donors (Lipinski definition) is 1. The molecule has 0 saturated carbocycles. The van der Waals surface area contributed by atoms with E-state index >= 15 is 0 Å². The monoisotopic (exact) mass is 282 g/mol. The smallest absolute Gasteiger partial charge is 0.0246 e. The minimum Gasteiger partial charge on any atom is -0.311 e. The largest absolute Gasteiger partial charge is 0.311 e. The van der Waals surface area contributed by atoms with Gasteiger partial charge in [-0.2, -0.15) is 0 Å². The van der Waals surface area contributed by atoms with Crippen LogP contribution in [0.25, 0.3) is 0 Å². The van der Waals surface area contributed by atoms with Crippen molar-refractivity contribution >= 4 is 0 Å². The molecule has 4 unspecified atom stereocenters. The zero-order chi connectivity index (χ0) is 15.0. The van der Waals surface area contributed by atoms with Crippen LogP contribution in [0.15, 0.2) is 0 Å². The average molecular weight is 283 g/mol. The third-order valence-electron chi connectivity index (χ3n) is 5.37. The highest BCUT2D eigenvalue weighted by molar-refractivity contribution is 4.88. The van der Waals surface area contributed by atoms with Gasteiger partial charge in [0.15, 0.2) is 0 Å². The maximum absolute atomic E-state index is 3.76. The number of nitrogens with one attached hydrogen (secondary N) is 1. The molecule has 0 spiro atoms. The summed E-state index contributed by atoms with van der Waals surface area (Å²) in [6.45, 7) is 15.5. The molecule has 0 radical (unpaired) electrons. The summed E-state index contributed by atoms with van der Waals surface area (Å²) < 4.78 is 0. The summed E-state index contributed by atoms with van der Waals surface area (Å²) in [4.78, 5) is 2.82. The van der Waals surface area contributed by atoms with E-state index in [1.165, 1.54) is 58.2 Å². The molecule has 1 N–H and O–H groups in total. The average Bonchev–Trinajstić information content (AvgIpc) is 2.50. The van der Waals surface area contributed by atoms with Crippen LogP contribution in [0.4, 0.5) is 0 Å². The standard InChI is InChI=1S/C18H38N2/c1-6-10-11-16(8-3)13-20-14-17(9-4)19-12-18(20)15(5)7-2/h15-19H,6-14H2,1-5H3. The van der Waals surface area contributed by atoms with Gasteiger partial charge in [0.05, 0.1) is 0 Å². The van der Waals surface area contributed by atoms with E-state index in [1.54, 1.807) is 0 Å². The summed E-state index contributed by atoms with van der Waals surface area (Å²) >= 11 is 0. The van der Waals surface area contributed by atoms with Gasteiger partial charge in [-0.25, -0.2) is 0 Å². The summed E-state index contributed by atoms with van der Waals surface area (Å²) in [6, 6.07) is 1.46. The number of unbranched alkanes of at least 4 members (excludes halogenated alkanes) is 1. The zero-order valence-electron chi connectivity index (χ0n) is 14.6. The Labute approximate surface area is 127 Å². The topological polar surface area (TPSA) is 15.3 Å². The van der Waals surface area contributed by atoms with Crippen LogP contribution in [0.1, 0.15) is 73.1 Å². The normalized spacial score (nSPS) is 27.4. The van der Waals surface area contributed by atoms with Crippen LogP contribution >= 0.6 is 0 Å². The lowest BCUT2D eigenvalue weighted by molar-refractivity contribution is 0.0715. The van der Waals surface area contributed by atoms with Crippen molar-refractivity contribution in [3.63, 3.8) is 0 Å². The highest BCUT2D eigenvalue weighted by Crippen LogP contribution is 2.23. The second-order valence-corrected chi connectivity index (χ2v) is 6.84. The second-order valence-electron chi connectivity index (χ2n) is 6.84. The molecule has 1 heterocycles. The molecular weight excluding hydrogens is 244 g/mol. The van der Waals surface area contributed by atoms with Crippen LogP contribution in [-0.2, 0) is 0 Å². The number of hydrogen-bond acceptors (Lipinski definition) is 2. The van der Waals surface area contributed by atoms with Crippen molar-refractivity contribution in [1.29, 1.82) is 0 Å². The van der Waals surface area contributed by atoms with Gasteiger partial charge in [0.2, 0.25) is 0 Å². The third-order valence-corrected chi connectivity index (χ3v) is 5.37. The Kier molecular flexibility index (Phi) is 8.79. The fraction of sp³-hybridized carbons (Fsp3) is 1.00. The first kappa shape index (κ1) is 18.0. The van der Waals surface area contributed by atoms with Gasteiger partial charge in [0.1, 0.15) is 0 Å². The van der Waals surface area contributed by atoms with Crippen LogP contribution in [-0.4, -0.2) is 36.6 Å². The maximum atomic E-state index is 3.76. The van der Waals surface area contributed by atoms with E-state index in [0.717, 1.165) is 17.9 Å². The molecule has 20 heavy (non-hydrogen) atoms. The summed E-state index contributed by atoms with van der Waals surface area (Å²) in [5.41, 5.74) is 0. The zero-order valence-corrected chi connectivity index (χ0v) is 14.6. The summed E-state index contributed by atoms with van der Waals surface area (Å²) in [6.07, 6.45) is 8.05. The number of rotatable bonds is 9. The van der Waals surface area contributed by atoms with E-state index in [0.29, 0.717) is 6.04 Å². The van der Waals surface area contributed by atoms with E-state index in [2.05, 4.69) is 44.8 Å². The van der Waals surface area contributed by atoms with Gasteiger partial charge in [-0.15, -0.1) is 0 Å². The van der Waals surface area contributed by atoms with Gasteiger partial charge in [-0.05, 0) is 24.7 Å². The molecule has 2 nitrogen and oxygen atoms in total. The first-order valence-corrected chi connectivity index (χ1v) is 9.13. The van der Waals surface area contributed by atoms with Crippen molar-refractivity contribution in [1.82, 2.24) is 10.2 Å². The molecule has 120 valence electrons. The van der Waals surface area contributed by atoms with Gasteiger partial charge in [0, 0.05) is 31.7 Å². The molecule has 0 aliphatic carbocycles. The predicted octanol–water partition coefficient (Wildman–Crippen LogP) is 4.30. The lowest BCUT2D eigenvalue weighted by Gasteiger charge is -2.44. The molecular formula is C18H38N2. The molecule has 0 bridgehead atoms. The van der Waals surface area contributed by atoms with Gasteiger partial charge in [0.25, 0.3) is 0 Å². The fourth-order valence-corrected chi connectivity index (χ4v) is 3.47. The first-order valence-electron chi connectivity index (χ1n) is 9.13. The molecule has 2 heteroatoms. The Morgan fingerprint density at radius 2 is 1.90 bits per heavy atom. The van der Waals surface area contributed by atoms with Gasteiger partial charge >= 0.3 is 0 Å². The molecule has 0 aromatic rings. The lowest BCUT2D eigenvalue weighted by Crippen LogP contribution is -2.59. The quantitative estimate of drug-likeness (QED) is 0.678. The summed E-state index contributed by atoms with van der Waals surface area (Å²) in [7, 11) is 0. The van der Waals surface area contributed by atoms with Crippen molar-refractivity contribution in [2.24, 2.45) is 11.8 Å². The van der Waals surface area contributed by atoms with Crippen molar-refractivity contribution in [2.45, 2.75) is 85.2 Å². The molecule has 0 amide bonds. The summed E-state index contributed by atoms with van der Waals surface area (Å²) in [5, 5.41) is 3.76. The highest BCUT2D eigenvalue weighted by atomic mass is 15.2. The van der Waals surface area contributed by atoms with E-state index < -0.39 is 0 Å². The lowest BCUT2D eigenvalue weighted by atomic mass is 9.91. The van der Waals surface area contributed by atoms with Gasteiger partial charge in [-0.1, -0.05) is 60.3 Å². The Morgan fingerprint density at radius 1 is 1.15 bits per heavy atom. The highest BCUT2D eigenvalue weighted by Gasteiger charge is 2.31. The number of piperazine rings is 1. The Hall–Kier alpha value is -0.0800. The Morgan fingerprint density at radius 3 is 2.45 bits per heavy atom. The van der Waals surface area contributed by atoms with Crippen LogP contribution in [0.2, 0.25) is 0 Å². The van der Waals surface area contributed by atoms with Crippen LogP contribution in [0, 0.1) is 11.8 Å². The van der Waals surface area contributed by atoms with Crippen LogP contribution < -0.4 is 5.32 Å². The molecule has 4 atom stereocenters. The molecule has 1 rings (SSSR count). The van der Waals surface area contributed by atoms with E-state index in [1.807, 2.05) is 0 Å². The Bertz CT molecular complexity index is 242. The molecule has 1 fully saturated rings. The van der Waals surface area contributed by atoms with Crippen LogP contribution in [0.3, 0.4) is 0 Å². The van der Waals surface area contributed by atoms with Gasteiger partial charge in [-0.3, -0.25) is 4.90 Å². The summed E-state index contributed by atoms with van der Waals surface area (Å²) in [5.74, 6) is 1.71. The first-order chi connectivity index (χ1) is 9.65. The minimum absolute atomic E-state index is 0.707. The van der Waals surface area contributed by atoms with Crippen molar-refractivity contribution in [3.05, 3.63) is 0 Å². The molecule has 0 aromatic carbocycles. The maximum Gasteiger partial charge on any atom is 0.0246 e. The third kappa shape index (κ3) is 5.37. The minimum atomic E-state index is 0.707. The van der Waals surface area contributed by atoms with Crippen molar-refractivity contribution in [2.75, 3.05) is 19.6 Å². The molecule has 1 saturated heterocycles. The van der Waals surface area contributed by atoms with Gasteiger partial charge < -0.3 is 5.32 Å². The Balaban J connectivity index is 2.61. The predicted molar refractivity (Wildman–Crippen MR) is 90.2 cm³/mol. The molecule has 0 aromatic heterocycles. The van der Waals surface area contributed by atoms with Crippen molar-refractivity contribution < 1.29 is 0 Å². The molecule has 1 aliphatic rings. The molecule has 1 aliphatic heterocycles. The fourth-order valence-electron chi connectivity index (χ4n) is 3.47.